The molecule has 0 radical (unpaired) electrons. The normalized spacial score (nSPS) is 40.9. The first-order valence-corrected chi connectivity index (χ1v) is 4.67. The monoisotopic (exact) mass is 217 g/mol. The third kappa shape index (κ3) is 2.39. The van der Waals surface area contributed by atoms with Crippen molar-refractivity contribution in [1.29, 1.82) is 0 Å². The summed E-state index contributed by atoms with van der Waals surface area (Å²) in [6, 6.07) is -0.585. The molecule has 0 bridgehead atoms. The molecule has 0 saturated carbocycles. The largest absolute Gasteiger partial charge is 0.394 e. The van der Waals surface area contributed by atoms with Crippen molar-refractivity contribution in [3.05, 3.63) is 10.4 Å². The van der Waals surface area contributed by atoms with Crippen LogP contribution in [-0.2, 0) is 9.47 Å². The van der Waals surface area contributed by atoms with E-state index in [9.17, 15) is 5.11 Å². The Balaban J connectivity index is 2.83. The summed E-state index contributed by atoms with van der Waals surface area (Å²) in [5.41, 5.74) is 8.38. The molecule has 7 heteroatoms. The molecule has 0 aromatic rings. The van der Waals surface area contributed by atoms with Gasteiger partial charge in [0.05, 0.1) is 18.8 Å². The van der Waals surface area contributed by atoms with Crippen molar-refractivity contribution in [2.24, 2.45) is 11.0 Å². The molecule has 0 amide bonds. The molecule has 86 valence electrons. The van der Waals surface area contributed by atoms with Crippen LogP contribution >= 0.6 is 0 Å². The van der Waals surface area contributed by atoms with Gasteiger partial charge in [-0.1, -0.05) is 12.0 Å². The zero-order valence-electron chi connectivity index (χ0n) is 8.65. The van der Waals surface area contributed by atoms with Gasteiger partial charge in [-0.3, -0.25) is 0 Å². The molecule has 15 heavy (non-hydrogen) atoms. The standard InChI is InChI=1S/C8H15N3O4/c1-4-6(10-11-9)8(14-2)15-5(3-12)7(4)13/h4-8,12-13H,3H2,1-2H3. The number of hydrogen-bond donors (Lipinski definition) is 2. The van der Waals surface area contributed by atoms with Crippen molar-refractivity contribution < 1.29 is 19.7 Å². The summed E-state index contributed by atoms with van der Waals surface area (Å²) >= 11 is 0. The smallest absolute Gasteiger partial charge is 0.166 e. The molecular formula is C8H15N3O4. The molecule has 0 aromatic heterocycles. The van der Waals surface area contributed by atoms with Gasteiger partial charge in [0, 0.05) is 12.0 Å². The maximum atomic E-state index is 9.72. The van der Waals surface area contributed by atoms with Crippen molar-refractivity contribution in [1.82, 2.24) is 0 Å². The van der Waals surface area contributed by atoms with Crippen LogP contribution in [0.2, 0.25) is 0 Å². The van der Waals surface area contributed by atoms with Crippen LogP contribution in [0.1, 0.15) is 6.92 Å². The van der Waals surface area contributed by atoms with E-state index in [1.54, 1.807) is 6.92 Å². The van der Waals surface area contributed by atoms with E-state index in [2.05, 4.69) is 10.0 Å². The lowest BCUT2D eigenvalue weighted by Gasteiger charge is -2.40. The van der Waals surface area contributed by atoms with Crippen LogP contribution in [0.4, 0.5) is 0 Å². The number of aliphatic hydroxyl groups excluding tert-OH is 2. The molecule has 0 aliphatic carbocycles. The number of rotatable bonds is 3. The summed E-state index contributed by atoms with van der Waals surface area (Å²) in [6.07, 6.45) is -2.29. The zero-order valence-corrected chi connectivity index (χ0v) is 8.65. The first-order chi connectivity index (χ1) is 7.15. The minimum Gasteiger partial charge on any atom is -0.394 e. The first kappa shape index (κ1) is 12.2. The third-order valence-corrected chi connectivity index (χ3v) is 2.64. The summed E-state index contributed by atoms with van der Waals surface area (Å²) in [6.45, 7) is 1.43. The number of ether oxygens (including phenoxy) is 2. The molecule has 1 aliphatic rings. The molecule has 5 atom stereocenters. The molecule has 0 spiro atoms. The van der Waals surface area contributed by atoms with Crippen LogP contribution in [0.25, 0.3) is 10.4 Å². The molecule has 7 nitrogen and oxygen atoms in total. The van der Waals surface area contributed by atoms with Gasteiger partial charge in [0.25, 0.3) is 0 Å². The predicted molar refractivity (Wildman–Crippen MR) is 50.9 cm³/mol. The van der Waals surface area contributed by atoms with Gasteiger partial charge < -0.3 is 19.7 Å². The van der Waals surface area contributed by atoms with E-state index in [-0.39, 0.29) is 12.5 Å². The van der Waals surface area contributed by atoms with Crippen molar-refractivity contribution >= 4 is 0 Å². The Kier molecular flexibility index (Phi) is 4.31. The molecule has 1 saturated heterocycles. The molecule has 1 rings (SSSR count). The first-order valence-electron chi connectivity index (χ1n) is 4.67. The maximum Gasteiger partial charge on any atom is 0.166 e. The molecule has 1 aliphatic heterocycles. The number of nitrogens with zero attached hydrogens (tertiary/aromatic N) is 3. The fourth-order valence-electron chi connectivity index (χ4n) is 1.69. The second kappa shape index (κ2) is 5.29. The lowest BCUT2D eigenvalue weighted by molar-refractivity contribution is -0.243. The van der Waals surface area contributed by atoms with Crippen LogP contribution in [0.5, 0.6) is 0 Å². The van der Waals surface area contributed by atoms with Gasteiger partial charge in [-0.15, -0.1) is 0 Å². The lowest BCUT2D eigenvalue weighted by Crippen LogP contribution is -2.54. The van der Waals surface area contributed by atoms with Gasteiger partial charge in [-0.2, -0.15) is 0 Å². The second-order valence-corrected chi connectivity index (χ2v) is 3.51. The number of aliphatic hydroxyl groups is 2. The van der Waals surface area contributed by atoms with Crippen LogP contribution in [0.3, 0.4) is 0 Å². The predicted octanol–water partition coefficient (Wildman–Crippen LogP) is 0.0259. The van der Waals surface area contributed by atoms with Crippen LogP contribution in [0.15, 0.2) is 5.11 Å². The molecular weight excluding hydrogens is 202 g/mol. The summed E-state index contributed by atoms with van der Waals surface area (Å²) < 4.78 is 10.2. The Hall–Kier alpha value is -0.850. The molecule has 5 unspecified atom stereocenters. The van der Waals surface area contributed by atoms with Crippen LogP contribution < -0.4 is 0 Å². The average Bonchev–Trinajstić information content (AvgIpc) is 2.25. The quantitative estimate of drug-likeness (QED) is 0.395. The van der Waals surface area contributed by atoms with Crippen molar-refractivity contribution in [3.8, 4) is 0 Å². The van der Waals surface area contributed by atoms with E-state index in [1.807, 2.05) is 0 Å². The maximum absolute atomic E-state index is 9.72. The van der Waals surface area contributed by atoms with E-state index in [0.29, 0.717) is 0 Å². The van der Waals surface area contributed by atoms with Gasteiger partial charge >= 0.3 is 0 Å². The van der Waals surface area contributed by atoms with Gasteiger partial charge in [0.2, 0.25) is 0 Å². The van der Waals surface area contributed by atoms with Crippen molar-refractivity contribution in [3.63, 3.8) is 0 Å². The van der Waals surface area contributed by atoms with Crippen molar-refractivity contribution in [2.75, 3.05) is 13.7 Å². The van der Waals surface area contributed by atoms with E-state index < -0.39 is 24.5 Å². The Labute approximate surface area is 87.2 Å². The highest BCUT2D eigenvalue weighted by Crippen LogP contribution is 2.28. The molecule has 2 N–H and O–H groups in total. The van der Waals surface area contributed by atoms with E-state index in [1.165, 1.54) is 7.11 Å². The minimum atomic E-state index is -0.864. The third-order valence-electron chi connectivity index (χ3n) is 2.64. The molecule has 1 fully saturated rings. The highest BCUT2D eigenvalue weighted by atomic mass is 16.7. The number of azide groups is 1. The van der Waals surface area contributed by atoms with E-state index in [4.69, 9.17) is 20.1 Å². The summed E-state index contributed by atoms with van der Waals surface area (Å²) in [5.74, 6) is -0.322. The van der Waals surface area contributed by atoms with Gasteiger partial charge in [0.1, 0.15) is 6.10 Å². The number of methoxy groups -OCH3 is 1. The second-order valence-electron chi connectivity index (χ2n) is 3.51. The van der Waals surface area contributed by atoms with Gasteiger partial charge in [-0.25, -0.2) is 0 Å². The average molecular weight is 217 g/mol. The molecule has 1 heterocycles. The fraction of sp³-hybridized carbons (Fsp3) is 1.00. The van der Waals surface area contributed by atoms with E-state index >= 15 is 0 Å². The van der Waals surface area contributed by atoms with Gasteiger partial charge in [-0.05, 0) is 11.4 Å². The zero-order chi connectivity index (χ0) is 11.4. The summed E-state index contributed by atoms with van der Waals surface area (Å²) in [7, 11) is 1.42. The minimum absolute atomic E-state index is 0.297. The van der Waals surface area contributed by atoms with Gasteiger partial charge in [0.15, 0.2) is 6.29 Å². The topological polar surface area (TPSA) is 108 Å². The SMILES string of the molecule is COC1OC(CO)C(O)C(C)C1N=[N+]=[N-]. The summed E-state index contributed by atoms with van der Waals surface area (Å²) in [5, 5.41) is 22.2. The summed E-state index contributed by atoms with van der Waals surface area (Å²) in [4.78, 5) is 2.68. The highest BCUT2D eigenvalue weighted by molar-refractivity contribution is 4.90. The lowest BCUT2D eigenvalue weighted by atomic mass is 9.89. The van der Waals surface area contributed by atoms with Crippen molar-refractivity contribution in [2.45, 2.75) is 31.5 Å². The molecule has 0 aromatic carbocycles. The Bertz CT molecular complexity index is 254. The highest BCUT2D eigenvalue weighted by Gasteiger charge is 2.42. The van der Waals surface area contributed by atoms with Crippen LogP contribution in [0, 0.1) is 5.92 Å². The number of hydrogen-bond acceptors (Lipinski definition) is 5. The Morgan fingerprint density at radius 3 is 2.73 bits per heavy atom. The van der Waals surface area contributed by atoms with Crippen LogP contribution in [-0.4, -0.2) is 48.5 Å². The van der Waals surface area contributed by atoms with E-state index in [0.717, 1.165) is 0 Å². The Morgan fingerprint density at radius 2 is 2.27 bits per heavy atom. The Morgan fingerprint density at radius 1 is 1.60 bits per heavy atom. The fourth-order valence-corrected chi connectivity index (χ4v) is 1.69.